The Morgan fingerprint density at radius 2 is 1.57 bits per heavy atom. The van der Waals surface area contributed by atoms with Crippen molar-refractivity contribution in [3.05, 3.63) is 89.0 Å². The Hall–Kier alpha value is -0.747. The van der Waals surface area contributed by atoms with Gasteiger partial charge in [0, 0.05) is 0 Å². The van der Waals surface area contributed by atoms with Crippen LogP contribution in [0.25, 0.3) is 11.1 Å². The molecule has 0 atom stereocenters. The summed E-state index contributed by atoms with van der Waals surface area (Å²) in [6, 6.07) is 24.5. The van der Waals surface area contributed by atoms with Gasteiger partial charge in [-0.3, -0.25) is 0 Å². The SMILES string of the molecule is Cc1c[c-]c2c(c1)-c1cc(C)ccc1C2.[Cl-].[Cl-].[Zr+4].c1cc[cH-]c1. The van der Waals surface area contributed by atoms with Gasteiger partial charge in [-0.05, 0) is 13.3 Å². The predicted octanol–water partition coefficient (Wildman–Crippen LogP) is -0.914. The van der Waals surface area contributed by atoms with Crippen LogP contribution in [0.5, 0.6) is 0 Å². The molecule has 0 fully saturated rings. The molecule has 116 valence electrons. The van der Waals surface area contributed by atoms with Crippen molar-refractivity contribution in [1.29, 1.82) is 0 Å². The van der Waals surface area contributed by atoms with Crippen LogP contribution in [0.15, 0.2) is 60.7 Å². The number of benzene rings is 2. The molecule has 4 rings (SSSR count). The molecular formula is C20H18Cl2Zr. The fraction of sp³-hybridized carbons (Fsp3) is 0.150. The monoisotopic (exact) mass is 418 g/mol. The molecule has 0 bridgehead atoms. The number of rotatable bonds is 0. The van der Waals surface area contributed by atoms with E-state index in [9.17, 15) is 0 Å². The van der Waals surface area contributed by atoms with Gasteiger partial charge in [0.1, 0.15) is 0 Å². The molecule has 1 aliphatic carbocycles. The Morgan fingerprint density at radius 1 is 0.913 bits per heavy atom. The van der Waals surface area contributed by atoms with Gasteiger partial charge in [-0.2, -0.15) is 47.5 Å². The first kappa shape index (κ1) is 22.3. The van der Waals surface area contributed by atoms with E-state index in [0.29, 0.717) is 0 Å². The van der Waals surface area contributed by atoms with E-state index in [2.05, 4.69) is 50.2 Å². The van der Waals surface area contributed by atoms with Gasteiger partial charge in [0.05, 0.1) is 0 Å². The van der Waals surface area contributed by atoms with Crippen LogP contribution in [0.3, 0.4) is 0 Å². The van der Waals surface area contributed by atoms with E-state index in [-0.39, 0.29) is 51.0 Å². The summed E-state index contributed by atoms with van der Waals surface area (Å²) in [5.74, 6) is 0. The third-order valence-corrected chi connectivity index (χ3v) is 3.65. The van der Waals surface area contributed by atoms with E-state index in [0.717, 1.165) is 6.42 Å². The van der Waals surface area contributed by atoms with Crippen LogP contribution in [0, 0.1) is 19.9 Å². The third kappa shape index (κ3) is 5.38. The van der Waals surface area contributed by atoms with Crippen molar-refractivity contribution in [2.45, 2.75) is 20.3 Å². The molecule has 0 spiro atoms. The summed E-state index contributed by atoms with van der Waals surface area (Å²) in [5.41, 5.74) is 8.21. The van der Waals surface area contributed by atoms with Gasteiger partial charge in [0.2, 0.25) is 0 Å². The zero-order valence-electron chi connectivity index (χ0n) is 13.2. The molecule has 3 aromatic rings. The van der Waals surface area contributed by atoms with Crippen molar-refractivity contribution in [2.75, 3.05) is 0 Å². The van der Waals surface area contributed by atoms with E-state index in [1.807, 2.05) is 30.3 Å². The van der Waals surface area contributed by atoms with Crippen molar-refractivity contribution in [2.24, 2.45) is 0 Å². The Labute approximate surface area is 170 Å². The minimum Gasteiger partial charge on any atom is -1.00 e. The normalized spacial score (nSPS) is 9.83. The maximum absolute atomic E-state index is 3.38. The summed E-state index contributed by atoms with van der Waals surface area (Å²) in [6.45, 7) is 4.28. The van der Waals surface area contributed by atoms with Crippen LogP contribution in [0.1, 0.15) is 22.3 Å². The molecule has 0 amide bonds. The fourth-order valence-corrected chi connectivity index (χ4v) is 2.63. The summed E-state index contributed by atoms with van der Waals surface area (Å²) in [5, 5.41) is 0. The Balaban J connectivity index is 0.000000529. The van der Waals surface area contributed by atoms with Gasteiger partial charge in [-0.15, -0.1) is 5.56 Å². The maximum atomic E-state index is 3.38. The molecule has 0 nitrogen and oxygen atoms in total. The number of halogens is 2. The van der Waals surface area contributed by atoms with Gasteiger partial charge in [-0.25, -0.2) is 12.1 Å². The summed E-state index contributed by atoms with van der Waals surface area (Å²) in [7, 11) is 0. The smallest absolute Gasteiger partial charge is 1.00 e. The summed E-state index contributed by atoms with van der Waals surface area (Å²) in [6.07, 6.45) is 1.05. The first-order valence-electron chi connectivity index (χ1n) is 7.02. The largest absolute Gasteiger partial charge is 4.00 e. The topological polar surface area (TPSA) is 0 Å². The van der Waals surface area contributed by atoms with Crippen molar-refractivity contribution in [1.82, 2.24) is 0 Å². The number of fused-ring (bicyclic) bond motifs is 3. The molecule has 0 unspecified atom stereocenters. The van der Waals surface area contributed by atoms with Crippen LogP contribution in [-0.2, 0) is 32.6 Å². The molecule has 3 aromatic carbocycles. The second-order valence-corrected chi connectivity index (χ2v) is 5.37. The molecular weight excluding hydrogens is 402 g/mol. The number of hydrogen-bond acceptors (Lipinski definition) is 0. The summed E-state index contributed by atoms with van der Waals surface area (Å²) < 4.78 is 0. The van der Waals surface area contributed by atoms with E-state index in [1.54, 1.807) is 0 Å². The third-order valence-electron chi connectivity index (χ3n) is 3.65. The molecule has 23 heavy (non-hydrogen) atoms. The first-order chi connectivity index (χ1) is 9.74. The van der Waals surface area contributed by atoms with Crippen LogP contribution in [0.2, 0.25) is 0 Å². The van der Waals surface area contributed by atoms with E-state index in [4.69, 9.17) is 0 Å². The zero-order chi connectivity index (χ0) is 13.9. The Morgan fingerprint density at radius 3 is 2.17 bits per heavy atom. The summed E-state index contributed by atoms with van der Waals surface area (Å²) in [4.78, 5) is 0. The van der Waals surface area contributed by atoms with Gasteiger partial charge in [0.25, 0.3) is 0 Å². The molecule has 0 aliphatic heterocycles. The first-order valence-corrected chi connectivity index (χ1v) is 7.02. The molecule has 0 saturated heterocycles. The number of hydrogen-bond donors (Lipinski definition) is 0. The van der Waals surface area contributed by atoms with Crippen molar-refractivity contribution in [3.63, 3.8) is 0 Å². The molecule has 0 heterocycles. The van der Waals surface area contributed by atoms with E-state index >= 15 is 0 Å². The quantitative estimate of drug-likeness (QED) is 0.323. The molecule has 0 radical (unpaired) electrons. The molecule has 3 heteroatoms. The molecule has 1 aliphatic rings. The minimum absolute atomic E-state index is 0. The maximum Gasteiger partial charge on any atom is 4.00 e. The average molecular weight is 420 g/mol. The molecule has 0 N–H and O–H groups in total. The zero-order valence-corrected chi connectivity index (χ0v) is 17.2. The second-order valence-electron chi connectivity index (χ2n) is 5.37. The van der Waals surface area contributed by atoms with Gasteiger partial charge < -0.3 is 24.8 Å². The number of aryl methyl sites for hydroxylation is 2. The Bertz CT molecular complexity index is 652. The van der Waals surface area contributed by atoms with Gasteiger partial charge >= 0.3 is 26.2 Å². The molecule has 0 aromatic heterocycles. The van der Waals surface area contributed by atoms with Crippen molar-refractivity contribution < 1.29 is 51.0 Å². The van der Waals surface area contributed by atoms with E-state index in [1.165, 1.54) is 33.4 Å². The predicted molar refractivity (Wildman–Crippen MR) is 85.0 cm³/mol. The molecule has 0 saturated carbocycles. The average Bonchev–Trinajstić information content (AvgIpc) is 3.10. The summed E-state index contributed by atoms with van der Waals surface area (Å²) >= 11 is 0. The second kappa shape index (κ2) is 10.2. The van der Waals surface area contributed by atoms with Crippen LogP contribution >= 0.6 is 0 Å². The van der Waals surface area contributed by atoms with Crippen molar-refractivity contribution in [3.8, 4) is 11.1 Å². The van der Waals surface area contributed by atoms with Crippen LogP contribution in [0.4, 0.5) is 0 Å². The van der Waals surface area contributed by atoms with Gasteiger partial charge in [0.15, 0.2) is 0 Å². The Kier molecular flexibility index (Phi) is 9.86. The van der Waals surface area contributed by atoms with Gasteiger partial charge in [-0.1, -0.05) is 41.8 Å². The van der Waals surface area contributed by atoms with Crippen molar-refractivity contribution >= 4 is 0 Å². The van der Waals surface area contributed by atoms with E-state index < -0.39 is 0 Å². The van der Waals surface area contributed by atoms with Crippen LogP contribution in [-0.4, -0.2) is 0 Å². The standard InChI is InChI=1S/C15H13.C5H5.2ClH.Zr/c1-10-3-5-12-9-13-6-4-11(2)8-15(13)14(12)7-10;1-2-4-5-3-1;;;/h3-5,7-8H,9H2,1-2H3;1-5H;2*1H;/q2*-1;;;+4/p-2. The van der Waals surface area contributed by atoms with Crippen LogP contribution < -0.4 is 24.8 Å². The minimum atomic E-state index is 0. The fourth-order valence-electron chi connectivity index (χ4n) is 2.63.